The third-order valence-corrected chi connectivity index (χ3v) is 3.31. The van der Waals surface area contributed by atoms with E-state index >= 15 is 0 Å². The summed E-state index contributed by atoms with van der Waals surface area (Å²) in [7, 11) is 0. The summed E-state index contributed by atoms with van der Waals surface area (Å²) >= 11 is 4.83. The van der Waals surface area contributed by atoms with Crippen LogP contribution in [-0.2, 0) is 4.79 Å². The molecule has 2 N–H and O–H groups in total. The van der Waals surface area contributed by atoms with E-state index in [1.165, 1.54) is 32.1 Å². The number of hydrogen-bond donors (Lipinski definition) is 1. The highest BCUT2D eigenvalue weighted by Crippen LogP contribution is 2.08. The summed E-state index contributed by atoms with van der Waals surface area (Å²) in [6.07, 6.45) is 8.59. The molecule has 0 aromatic rings. The second-order valence-electron chi connectivity index (χ2n) is 4.71. The zero-order valence-corrected chi connectivity index (χ0v) is 12.7. The monoisotopic (exact) mass is 272 g/mol. The van der Waals surface area contributed by atoms with Gasteiger partial charge in [-0.25, -0.2) is 0 Å². The van der Waals surface area contributed by atoms with Gasteiger partial charge in [-0.05, 0) is 13.3 Å². The topological polar surface area (TPSA) is 46.3 Å². The van der Waals surface area contributed by atoms with Crippen LogP contribution < -0.4 is 5.73 Å². The van der Waals surface area contributed by atoms with Gasteiger partial charge in [0.15, 0.2) is 0 Å². The molecule has 18 heavy (non-hydrogen) atoms. The number of nitrogens with zero attached hydrogens (tertiary/aromatic N) is 1. The summed E-state index contributed by atoms with van der Waals surface area (Å²) in [5, 5.41) is 0. The molecule has 0 saturated carbocycles. The minimum absolute atomic E-state index is 0.240. The van der Waals surface area contributed by atoms with E-state index in [4.69, 9.17) is 18.0 Å². The quantitative estimate of drug-likeness (QED) is 0.464. The van der Waals surface area contributed by atoms with Crippen LogP contribution in [0, 0.1) is 0 Å². The molecule has 0 radical (unpaired) electrons. The van der Waals surface area contributed by atoms with Crippen LogP contribution in [0.15, 0.2) is 0 Å². The van der Waals surface area contributed by atoms with Crippen LogP contribution in [0.1, 0.15) is 65.2 Å². The average Bonchev–Trinajstić information content (AvgIpc) is 2.34. The number of carbonyl (C=O) groups is 1. The van der Waals surface area contributed by atoms with Gasteiger partial charge >= 0.3 is 0 Å². The average molecular weight is 272 g/mol. The highest BCUT2D eigenvalue weighted by Gasteiger charge is 2.10. The molecule has 0 aromatic heterocycles. The summed E-state index contributed by atoms with van der Waals surface area (Å²) in [6.45, 7) is 5.63. The standard InChI is InChI=1S/C14H28N2OS/c1-3-5-6-7-8-9-10-14(17)16(4-2)12-11-13(15)18/h3-12H2,1-2H3,(H2,15,18). The lowest BCUT2D eigenvalue weighted by atomic mass is 10.1. The molecule has 0 heterocycles. The van der Waals surface area contributed by atoms with Crippen LogP contribution in [-0.4, -0.2) is 28.9 Å². The summed E-state index contributed by atoms with van der Waals surface area (Å²) in [6, 6.07) is 0. The lowest BCUT2D eigenvalue weighted by Gasteiger charge is -2.20. The van der Waals surface area contributed by atoms with Gasteiger partial charge in [-0.3, -0.25) is 4.79 Å². The SMILES string of the molecule is CCCCCCCCC(=O)N(CC)CCC(N)=S. The van der Waals surface area contributed by atoms with Crippen molar-refractivity contribution in [3.63, 3.8) is 0 Å². The smallest absolute Gasteiger partial charge is 0.222 e. The Morgan fingerprint density at radius 1 is 1.06 bits per heavy atom. The fourth-order valence-electron chi connectivity index (χ4n) is 1.92. The number of unbranched alkanes of at least 4 members (excludes halogenated alkanes) is 5. The van der Waals surface area contributed by atoms with Crippen molar-refractivity contribution in [2.75, 3.05) is 13.1 Å². The Labute approximate surface area is 117 Å². The number of amides is 1. The number of rotatable bonds is 11. The van der Waals surface area contributed by atoms with E-state index in [0.29, 0.717) is 24.4 Å². The molecule has 4 heteroatoms. The molecule has 0 atom stereocenters. The number of carbonyl (C=O) groups excluding carboxylic acids is 1. The van der Waals surface area contributed by atoms with Gasteiger partial charge in [-0.15, -0.1) is 0 Å². The molecule has 0 aliphatic heterocycles. The van der Waals surface area contributed by atoms with Gasteiger partial charge in [0.05, 0.1) is 4.99 Å². The first-order valence-corrected chi connectivity index (χ1v) is 7.58. The molecular formula is C14H28N2OS. The molecule has 0 fully saturated rings. The maximum atomic E-state index is 11.9. The first kappa shape index (κ1) is 17.4. The normalized spacial score (nSPS) is 10.3. The van der Waals surface area contributed by atoms with Gasteiger partial charge < -0.3 is 10.6 Å². The maximum Gasteiger partial charge on any atom is 0.222 e. The van der Waals surface area contributed by atoms with Crippen LogP contribution in [0.4, 0.5) is 0 Å². The van der Waals surface area contributed by atoms with Crippen molar-refractivity contribution in [3.8, 4) is 0 Å². The van der Waals surface area contributed by atoms with Crippen molar-refractivity contribution in [3.05, 3.63) is 0 Å². The Kier molecular flexibility index (Phi) is 11.0. The highest BCUT2D eigenvalue weighted by molar-refractivity contribution is 7.80. The van der Waals surface area contributed by atoms with E-state index in [-0.39, 0.29) is 5.91 Å². The van der Waals surface area contributed by atoms with E-state index in [9.17, 15) is 4.79 Å². The van der Waals surface area contributed by atoms with Crippen molar-refractivity contribution in [1.82, 2.24) is 4.90 Å². The molecule has 0 aliphatic rings. The first-order chi connectivity index (χ1) is 8.61. The zero-order valence-electron chi connectivity index (χ0n) is 11.9. The molecule has 0 aliphatic carbocycles. The van der Waals surface area contributed by atoms with E-state index in [1.807, 2.05) is 11.8 Å². The molecule has 0 saturated heterocycles. The Hall–Kier alpha value is -0.640. The molecule has 0 bridgehead atoms. The fourth-order valence-corrected chi connectivity index (χ4v) is 2.01. The fraction of sp³-hybridized carbons (Fsp3) is 0.857. The van der Waals surface area contributed by atoms with E-state index in [1.54, 1.807) is 0 Å². The van der Waals surface area contributed by atoms with Gasteiger partial charge in [0.2, 0.25) is 5.91 Å². The predicted molar refractivity (Wildman–Crippen MR) is 81.6 cm³/mol. The third-order valence-electron chi connectivity index (χ3n) is 3.11. The summed E-state index contributed by atoms with van der Waals surface area (Å²) < 4.78 is 0. The Morgan fingerprint density at radius 3 is 2.22 bits per heavy atom. The second-order valence-corrected chi connectivity index (χ2v) is 5.23. The van der Waals surface area contributed by atoms with E-state index in [0.717, 1.165) is 13.0 Å². The minimum Gasteiger partial charge on any atom is -0.393 e. The third kappa shape index (κ3) is 9.40. The van der Waals surface area contributed by atoms with Crippen LogP contribution >= 0.6 is 12.2 Å². The Bertz CT molecular complexity index is 244. The van der Waals surface area contributed by atoms with Crippen LogP contribution in [0.5, 0.6) is 0 Å². The molecule has 1 amide bonds. The zero-order chi connectivity index (χ0) is 13.8. The van der Waals surface area contributed by atoms with Crippen molar-refractivity contribution >= 4 is 23.1 Å². The molecule has 0 aromatic carbocycles. The van der Waals surface area contributed by atoms with Crippen LogP contribution in [0.25, 0.3) is 0 Å². The van der Waals surface area contributed by atoms with E-state index in [2.05, 4.69) is 6.92 Å². The van der Waals surface area contributed by atoms with Gasteiger partial charge in [0.25, 0.3) is 0 Å². The lowest BCUT2D eigenvalue weighted by Crippen LogP contribution is -2.33. The van der Waals surface area contributed by atoms with Gasteiger partial charge in [0.1, 0.15) is 0 Å². The van der Waals surface area contributed by atoms with Crippen molar-refractivity contribution in [2.45, 2.75) is 65.2 Å². The lowest BCUT2D eigenvalue weighted by molar-refractivity contribution is -0.131. The molecule has 0 spiro atoms. The van der Waals surface area contributed by atoms with Crippen LogP contribution in [0.2, 0.25) is 0 Å². The molecular weight excluding hydrogens is 244 g/mol. The summed E-state index contributed by atoms with van der Waals surface area (Å²) in [4.78, 5) is 14.3. The minimum atomic E-state index is 0.240. The molecule has 0 unspecified atom stereocenters. The van der Waals surface area contributed by atoms with Crippen molar-refractivity contribution in [2.24, 2.45) is 5.73 Å². The van der Waals surface area contributed by atoms with Crippen LogP contribution in [0.3, 0.4) is 0 Å². The summed E-state index contributed by atoms with van der Waals surface area (Å²) in [5.74, 6) is 0.240. The van der Waals surface area contributed by atoms with Crippen molar-refractivity contribution < 1.29 is 4.79 Å². The first-order valence-electron chi connectivity index (χ1n) is 7.17. The molecule has 0 rings (SSSR count). The Balaban J connectivity index is 3.66. The van der Waals surface area contributed by atoms with Gasteiger partial charge in [-0.2, -0.15) is 0 Å². The number of thiocarbonyl (C=S) groups is 1. The van der Waals surface area contributed by atoms with E-state index < -0.39 is 0 Å². The number of hydrogen-bond acceptors (Lipinski definition) is 2. The molecule has 3 nitrogen and oxygen atoms in total. The van der Waals surface area contributed by atoms with Gasteiger partial charge in [0, 0.05) is 25.9 Å². The highest BCUT2D eigenvalue weighted by atomic mass is 32.1. The van der Waals surface area contributed by atoms with Crippen molar-refractivity contribution in [1.29, 1.82) is 0 Å². The number of nitrogens with two attached hydrogens (primary N) is 1. The second kappa shape index (κ2) is 11.5. The van der Waals surface area contributed by atoms with Gasteiger partial charge in [-0.1, -0.05) is 51.2 Å². The molecule has 106 valence electrons. The summed E-state index contributed by atoms with van der Waals surface area (Å²) in [5.41, 5.74) is 5.46. The largest absolute Gasteiger partial charge is 0.393 e. The Morgan fingerprint density at radius 2 is 1.67 bits per heavy atom. The predicted octanol–water partition coefficient (Wildman–Crippen LogP) is 3.26. The maximum absolute atomic E-state index is 11.9.